The summed E-state index contributed by atoms with van der Waals surface area (Å²) >= 11 is 0. The zero-order valence-electron chi connectivity index (χ0n) is 17.1. The lowest BCUT2D eigenvalue weighted by Crippen LogP contribution is -2.32. The average Bonchev–Trinajstić information content (AvgIpc) is 3.17. The van der Waals surface area contributed by atoms with E-state index in [0.717, 1.165) is 24.2 Å². The van der Waals surface area contributed by atoms with E-state index in [-0.39, 0.29) is 11.1 Å². The first-order valence-corrected chi connectivity index (χ1v) is 11.7. The molecular formula is C22H23F3N2O3S. The zero-order chi connectivity index (χ0) is 22.8. The molecule has 31 heavy (non-hydrogen) atoms. The van der Waals surface area contributed by atoms with Gasteiger partial charge in [0.05, 0.1) is 11.6 Å². The maximum absolute atomic E-state index is 14.7. The van der Waals surface area contributed by atoms with Crippen LogP contribution in [-0.2, 0) is 9.84 Å². The van der Waals surface area contributed by atoms with Gasteiger partial charge in [0, 0.05) is 35.5 Å². The Balaban J connectivity index is 1.79. The molecule has 2 aromatic rings. The van der Waals surface area contributed by atoms with Crippen molar-refractivity contribution in [3.8, 4) is 0 Å². The number of carbonyl (C=O) groups excluding carboxylic acids is 1. The molecule has 9 heteroatoms. The molecule has 1 amide bonds. The number of nitrogens with zero attached hydrogens (tertiary/aromatic N) is 1. The van der Waals surface area contributed by atoms with Crippen molar-refractivity contribution in [1.29, 1.82) is 0 Å². The van der Waals surface area contributed by atoms with E-state index in [0.29, 0.717) is 18.7 Å². The Kier molecular flexibility index (Phi) is 6.74. The molecular weight excluding hydrogens is 429 g/mol. The minimum absolute atomic E-state index is 0.198. The molecule has 2 aromatic carbocycles. The number of amides is 1. The molecule has 0 aromatic heterocycles. The van der Waals surface area contributed by atoms with Crippen LogP contribution in [0.5, 0.6) is 0 Å². The van der Waals surface area contributed by atoms with Gasteiger partial charge in [0.1, 0.15) is 5.82 Å². The minimum atomic E-state index is -3.34. The monoisotopic (exact) mass is 452 g/mol. The number of halogens is 3. The summed E-state index contributed by atoms with van der Waals surface area (Å²) in [6.07, 6.45) is 3.64. The molecule has 3 rings (SSSR count). The number of hydrogen-bond donors (Lipinski definition) is 1. The SMILES string of the molecule is C[C@H](/C=C/S(C)(=O)=O)NC(=O)c1ccc(N2CCC[C@H]2c2cccc(F)c2F)cc1F. The van der Waals surface area contributed by atoms with Crippen LogP contribution in [0.2, 0.25) is 0 Å². The van der Waals surface area contributed by atoms with E-state index in [2.05, 4.69) is 5.32 Å². The Morgan fingerprint density at radius 1 is 1.19 bits per heavy atom. The summed E-state index contributed by atoms with van der Waals surface area (Å²) < 4.78 is 65.0. The molecule has 0 bridgehead atoms. The van der Waals surface area contributed by atoms with E-state index in [1.807, 2.05) is 0 Å². The van der Waals surface area contributed by atoms with Gasteiger partial charge in [-0.05, 0) is 44.0 Å². The van der Waals surface area contributed by atoms with Gasteiger partial charge in [0.2, 0.25) is 0 Å². The predicted molar refractivity (Wildman–Crippen MR) is 113 cm³/mol. The van der Waals surface area contributed by atoms with Crippen molar-refractivity contribution in [2.75, 3.05) is 17.7 Å². The number of nitrogens with one attached hydrogen (secondary N) is 1. The number of benzene rings is 2. The van der Waals surface area contributed by atoms with E-state index in [1.54, 1.807) is 17.9 Å². The van der Waals surface area contributed by atoms with Gasteiger partial charge in [-0.25, -0.2) is 21.6 Å². The van der Waals surface area contributed by atoms with Crippen molar-refractivity contribution in [2.24, 2.45) is 0 Å². The molecule has 5 nitrogen and oxygen atoms in total. The lowest BCUT2D eigenvalue weighted by atomic mass is 10.0. The standard InChI is InChI=1S/C22H23F3N2O3S/c1-14(10-12-31(2,29)30)26-22(28)16-9-8-15(13-19(16)24)27-11-4-7-20(27)17-5-3-6-18(23)21(17)25/h3,5-6,8-10,12-14,20H,4,7,11H2,1-2H3,(H,26,28)/b12-10+/t14-,20+/m1/s1. The molecule has 0 radical (unpaired) electrons. The van der Waals surface area contributed by atoms with Gasteiger partial charge in [-0.2, -0.15) is 0 Å². The summed E-state index contributed by atoms with van der Waals surface area (Å²) in [4.78, 5) is 14.2. The highest BCUT2D eigenvalue weighted by Crippen LogP contribution is 2.38. The van der Waals surface area contributed by atoms with Gasteiger partial charge in [-0.3, -0.25) is 4.79 Å². The van der Waals surface area contributed by atoms with Gasteiger partial charge >= 0.3 is 0 Å². The van der Waals surface area contributed by atoms with Gasteiger partial charge < -0.3 is 10.2 Å². The van der Waals surface area contributed by atoms with Crippen LogP contribution in [-0.4, -0.2) is 33.2 Å². The maximum Gasteiger partial charge on any atom is 0.254 e. The summed E-state index contributed by atoms with van der Waals surface area (Å²) in [7, 11) is -3.34. The number of sulfone groups is 1. The predicted octanol–water partition coefficient (Wildman–Crippen LogP) is 4.12. The topological polar surface area (TPSA) is 66.5 Å². The van der Waals surface area contributed by atoms with E-state index in [9.17, 15) is 26.4 Å². The van der Waals surface area contributed by atoms with Crippen molar-refractivity contribution in [3.05, 3.63) is 76.5 Å². The molecule has 0 saturated carbocycles. The summed E-state index contributed by atoms with van der Waals surface area (Å²) in [6, 6.07) is 7.03. The highest BCUT2D eigenvalue weighted by molar-refractivity contribution is 7.93. The average molecular weight is 452 g/mol. The van der Waals surface area contributed by atoms with Crippen LogP contribution in [0.25, 0.3) is 0 Å². The summed E-state index contributed by atoms with van der Waals surface area (Å²) in [6.45, 7) is 2.10. The summed E-state index contributed by atoms with van der Waals surface area (Å²) in [5.41, 5.74) is 0.479. The Morgan fingerprint density at radius 2 is 1.94 bits per heavy atom. The first-order valence-electron chi connectivity index (χ1n) is 9.76. The van der Waals surface area contributed by atoms with Crippen LogP contribution in [0.15, 0.2) is 47.9 Å². The van der Waals surface area contributed by atoms with E-state index < -0.39 is 45.3 Å². The molecule has 0 spiro atoms. The van der Waals surface area contributed by atoms with Crippen molar-refractivity contribution < 1.29 is 26.4 Å². The maximum atomic E-state index is 14.7. The normalized spacial score (nSPS) is 17.8. The van der Waals surface area contributed by atoms with Crippen molar-refractivity contribution in [2.45, 2.75) is 31.8 Å². The van der Waals surface area contributed by atoms with Crippen LogP contribution in [0, 0.1) is 17.5 Å². The molecule has 1 fully saturated rings. The molecule has 0 aliphatic carbocycles. The Labute approximate surface area is 179 Å². The summed E-state index contributed by atoms with van der Waals surface area (Å²) in [5.74, 6) is -3.29. The minimum Gasteiger partial charge on any atom is -0.364 e. The molecule has 1 N–H and O–H groups in total. The third kappa shape index (κ3) is 5.46. The molecule has 0 unspecified atom stereocenters. The Morgan fingerprint density at radius 3 is 2.61 bits per heavy atom. The molecule has 1 aliphatic rings. The van der Waals surface area contributed by atoms with Gasteiger partial charge in [-0.15, -0.1) is 0 Å². The first kappa shape index (κ1) is 22.9. The number of rotatable bonds is 6. The van der Waals surface area contributed by atoms with Crippen LogP contribution in [0.1, 0.15) is 41.7 Å². The van der Waals surface area contributed by atoms with Crippen molar-refractivity contribution in [3.63, 3.8) is 0 Å². The molecule has 1 aliphatic heterocycles. The fourth-order valence-electron chi connectivity index (χ4n) is 3.64. The van der Waals surface area contributed by atoms with Crippen LogP contribution >= 0.6 is 0 Å². The van der Waals surface area contributed by atoms with Gasteiger partial charge in [0.25, 0.3) is 5.91 Å². The smallest absolute Gasteiger partial charge is 0.254 e. The second kappa shape index (κ2) is 9.13. The number of anilines is 1. The number of hydrogen-bond acceptors (Lipinski definition) is 4. The zero-order valence-corrected chi connectivity index (χ0v) is 17.9. The van der Waals surface area contributed by atoms with Gasteiger partial charge in [0.15, 0.2) is 21.5 Å². The molecule has 166 valence electrons. The van der Waals surface area contributed by atoms with Crippen LogP contribution < -0.4 is 10.2 Å². The largest absolute Gasteiger partial charge is 0.364 e. The Bertz CT molecular complexity index is 1120. The fourth-order valence-corrected chi connectivity index (χ4v) is 4.16. The highest BCUT2D eigenvalue weighted by atomic mass is 32.2. The molecule has 1 saturated heterocycles. The van der Waals surface area contributed by atoms with E-state index in [4.69, 9.17) is 0 Å². The summed E-state index contributed by atoms with van der Waals surface area (Å²) in [5, 5.41) is 3.48. The van der Waals surface area contributed by atoms with Crippen molar-refractivity contribution in [1.82, 2.24) is 5.32 Å². The third-order valence-corrected chi connectivity index (χ3v) is 5.75. The fraction of sp³-hybridized carbons (Fsp3) is 0.318. The second-order valence-corrected chi connectivity index (χ2v) is 9.51. The lowest BCUT2D eigenvalue weighted by molar-refractivity contribution is 0.0943. The van der Waals surface area contributed by atoms with E-state index >= 15 is 0 Å². The van der Waals surface area contributed by atoms with Crippen LogP contribution in [0.3, 0.4) is 0 Å². The Hall–Kier alpha value is -2.81. The second-order valence-electron chi connectivity index (χ2n) is 7.58. The highest BCUT2D eigenvalue weighted by Gasteiger charge is 2.30. The quantitative estimate of drug-likeness (QED) is 0.716. The molecule has 2 atom stereocenters. The number of carbonyl (C=O) groups is 1. The molecule has 1 heterocycles. The third-order valence-electron chi connectivity index (χ3n) is 5.10. The van der Waals surface area contributed by atoms with E-state index in [1.165, 1.54) is 30.3 Å². The van der Waals surface area contributed by atoms with Crippen LogP contribution in [0.4, 0.5) is 18.9 Å². The van der Waals surface area contributed by atoms with Crippen molar-refractivity contribution >= 4 is 21.4 Å². The first-order chi connectivity index (χ1) is 14.6. The van der Waals surface area contributed by atoms with Gasteiger partial charge in [-0.1, -0.05) is 18.2 Å². The lowest BCUT2D eigenvalue weighted by Gasteiger charge is -2.28.